The van der Waals surface area contributed by atoms with Crippen LogP contribution in [0.4, 0.5) is 0 Å². The molecular formula is C11H10O2. The molecule has 1 N–H and O–H groups in total. The van der Waals surface area contributed by atoms with Crippen molar-refractivity contribution in [2.24, 2.45) is 0 Å². The van der Waals surface area contributed by atoms with Gasteiger partial charge in [-0.15, -0.1) is 0 Å². The molecule has 1 aliphatic carbocycles. The van der Waals surface area contributed by atoms with E-state index in [2.05, 4.69) is 0 Å². The molecule has 0 heterocycles. The van der Waals surface area contributed by atoms with E-state index in [1.54, 1.807) is 18.2 Å². The smallest absolute Gasteiger partial charge is 0.186 e. The van der Waals surface area contributed by atoms with Gasteiger partial charge in [-0.2, -0.15) is 0 Å². The van der Waals surface area contributed by atoms with Gasteiger partial charge >= 0.3 is 0 Å². The highest BCUT2D eigenvalue weighted by molar-refractivity contribution is 6.15. The number of ketones is 1. The molecule has 2 rings (SSSR count). The molecular weight excluding hydrogens is 164 g/mol. The summed E-state index contributed by atoms with van der Waals surface area (Å²) in [6, 6.07) is 1.64. The number of rotatable bonds is 0. The number of aryl methyl sites for hydroxylation is 1. The fraction of sp³-hybridized carbons (Fsp3) is 0.182. The standard InChI is InChI=1S/C11H10O2/c1-6-5-10(13)7(2)8-3-4-9(12)11(6)8/h3-5,13H,1-2H3. The zero-order chi connectivity index (χ0) is 9.59. The van der Waals surface area contributed by atoms with Gasteiger partial charge in [0.1, 0.15) is 5.75 Å². The maximum atomic E-state index is 11.4. The molecule has 1 aliphatic rings. The van der Waals surface area contributed by atoms with Gasteiger partial charge in [-0.05, 0) is 48.8 Å². The molecule has 0 aliphatic heterocycles. The maximum absolute atomic E-state index is 11.4. The zero-order valence-corrected chi connectivity index (χ0v) is 7.59. The lowest BCUT2D eigenvalue weighted by Crippen LogP contribution is -1.97. The van der Waals surface area contributed by atoms with Gasteiger partial charge in [0.15, 0.2) is 5.78 Å². The Kier molecular flexibility index (Phi) is 1.52. The average molecular weight is 174 g/mol. The second kappa shape index (κ2) is 2.46. The summed E-state index contributed by atoms with van der Waals surface area (Å²) >= 11 is 0. The van der Waals surface area contributed by atoms with Crippen LogP contribution in [0.25, 0.3) is 6.08 Å². The molecule has 0 saturated carbocycles. The van der Waals surface area contributed by atoms with E-state index in [1.165, 1.54) is 0 Å². The Bertz CT molecular complexity index is 428. The summed E-state index contributed by atoms with van der Waals surface area (Å²) in [5.41, 5.74) is 3.22. The molecule has 0 saturated heterocycles. The highest BCUT2D eigenvalue weighted by Gasteiger charge is 2.19. The molecule has 0 unspecified atom stereocenters. The molecule has 1 aromatic carbocycles. The summed E-state index contributed by atoms with van der Waals surface area (Å²) in [6.07, 6.45) is 3.31. The number of hydrogen-bond donors (Lipinski definition) is 1. The molecule has 0 bridgehead atoms. The van der Waals surface area contributed by atoms with Crippen LogP contribution in [-0.2, 0) is 0 Å². The maximum Gasteiger partial charge on any atom is 0.186 e. The van der Waals surface area contributed by atoms with Crippen LogP contribution in [0.3, 0.4) is 0 Å². The first-order valence-electron chi connectivity index (χ1n) is 4.17. The van der Waals surface area contributed by atoms with Gasteiger partial charge in [-0.25, -0.2) is 0 Å². The molecule has 1 aromatic rings. The Morgan fingerprint density at radius 2 is 1.92 bits per heavy atom. The van der Waals surface area contributed by atoms with Gasteiger partial charge in [0.2, 0.25) is 0 Å². The van der Waals surface area contributed by atoms with Crippen LogP contribution in [0.1, 0.15) is 27.0 Å². The van der Waals surface area contributed by atoms with Crippen LogP contribution < -0.4 is 0 Å². The minimum absolute atomic E-state index is 0.0376. The predicted molar refractivity (Wildman–Crippen MR) is 50.9 cm³/mol. The van der Waals surface area contributed by atoms with Crippen molar-refractivity contribution in [2.45, 2.75) is 13.8 Å². The topological polar surface area (TPSA) is 37.3 Å². The van der Waals surface area contributed by atoms with Gasteiger partial charge < -0.3 is 5.11 Å². The third kappa shape index (κ3) is 0.985. The molecule has 13 heavy (non-hydrogen) atoms. The van der Waals surface area contributed by atoms with E-state index in [0.717, 1.165) is 22.3 Å². The van der Waals surface area contributed by atoms with Crippen LogP contribution in [0, 0.1) is 13.8 Å². The third-order valence-electron chi connectivity index (χ3n) is 2.45. The summed E-state index contributed by atoms with van der Waals surface area (Å²) in [7, 11) is 0. The Morgan fingerprint density at radius 3 is 2.62 bits per heavy atom. The van der Waals surface area contributed by atoms with Gasteiger partial charge in [-0.3, -0.25) is 4.79 Å². The highest BCUT2D eigenvalue weighted by atomic mass is 16.3. The molecule has 0 radical (unpaired) electrons. The van der Waals surface area contributed by atoms with Gasteiger partial charge in [0.25, 0.3) is 0 Å². The number of hydrogen-bond acceptors (Lipinski definition) is 2. The van der Waals surface area contributed by atoms with Crippen molar-refractivity contribution in [3.63, 3.8) is 0 Å². The number of phenols is 1. The first kappa shape index (κ1) is 8.05. The Hall–Kier alpha value is -1.57. The van der Waals surface area contributed by atoms with Crippen molar-refractivity contribution >= 4 is 11.9 Å². The van der Waals surface area contributed by atoms with Crippen molar-refractivity contribution in [3.05, 3.63) is 34.4 Å². The number of allylic oxidation sites excluding steroid dienone is 1. The number of carbonyl (C=O) groups excluding carboxylic acids is 1. The van der Waals surface area contributed by atoms with Crippen LogP contribution in [0.5, 0.6) is 5.75 Å². The van der Waals surface area contributed by atoms with Crippen molar-refractivity contribution in [2.75, 3.05) is 0 Å². The van der Waals surface area contributed by atoms with Crippen LogP contribution in [0.15, 0.2) is 12.1 Å². The molecule has 66 valence electrons. The SMILES string of the molecule is Cc1cc(O)c(C)c2c1C(=O)C=C2. The summed E-state index contributed by atoms with van der Waals surface area (Å²) in [6.45, 7) is 3.65. The minimum Gasteiger partial charge on any atom is -0.508 e. The van der Waals surface area contributed by atoms with E-state index in [-0.39, 0.29) is 11.5 Å². The van der Waals surface area contributed by atoms with Gasteiger partial charge in [0, 0.05) is 5.56 Å². The predicted octanol–water partition coefficient (Wildman–Crippen LogP) is 2.22. The highest BCUT2D eigenvalue weighted by Crippen LogP contribution is 2.31. The fourth-order valence-corrected chi connectivity index (χ4v) is 1.70. The van der Waals surface area contributed by atoms with Crippen molar-refractivity contribution < 1.29 is 9.90 Å². The largest absolute Gasteiger partial charge is 0.508 e. The Labute approximate surface area is 76.5 Å². The number of fused-ring (bicyclic) bond motifs is 1. The first-order valence-corrected chi connectivity index (χ1v) is 4.17. The molecule has 0 spiro atoms. The molecule has 0 amide bonds. The first-order chi connectivity index (χ1) is 6.11. The number of benzene rings is 1. The number of aromatic hydroxyl groups is 1. The molecule has 0 aromatic heterocycles. The average Bonchev–Trinajstić information content (AvgIpc) is 2.44. The minimum atomic E-state index is 0.0376. The quantitative estimate of drug-likeness (QED) is 0.654. The summed E-state index contributed by atoms with van der Waals surface area (Å²) in [4.78, 5) is 11.4. The van der Waals surface area contributed by atoms with E-state index >= 15 is 0 Å². The number of carbonyl (C=O) groups is 1. The third-order valence-corrected chi connectivity index (χ3v) is 2.45. The molecule has 0 fully saturated rings. The Morgan fingerprint density at radius 1 is 1.23 bits per heavy atom. The van der Waals surface area contributed by atoms with Gasteiger partial charge in [-0.1, -0.05) is 0 Å². The molecule has 2 nitrogen and oxygen atoms in total. The van der Waals surface area contributed by atoms with Crippen molar-refractivity contribution in [1.29, 1.82) is 0 Å². The van der Waals surface area contributed by atoms with Crippen LogP contribution in [0.2, 0.25) is 0 Å². The Balaban J connectivity index is 2.82. The monoisotopic (exact) mass is 174 g/mol. The van der Waals surface area contributed by atoms with Gasteiger partial charge in [0.05, 0.1) is 0 Å². The molecule has 0 atom stereocenters. The van der Waals surface area contributed by atoms with Crippen LogP contribution >= 0.6 is 0 Å². The van der Waals surface area contributed by atoms with E-state index < -0.39 is 0 Å². The molecule has 2 heteroatoms. The van der Waals surface area contributed by atoms with Crippen LogP contribution in [-0.4, -0.2) is 10.9 Å². The van der Waals surface area contributed by atoms with Crippen molar-refractivity contribution in [1.82, 2.24) is 0 Å². The zero-order valence-electron chi connectivity index (χ0n) is 7.59. The van der Waals surface area contributed by atoms with E-state index in [1.807, 2.05) is 13.8 Å². The van der Waals surface area contributed by atoms with E-state index in [4.69, 9.17) is 0 Å². The van der Waals surface area contributed by atoms with E-state index in [0.29, 0.717) is 0 Å². The second-order valence-corrected chi connectivity index (χ2v) is 3.32. The summed E-state index contributed by atoms with van der Waals surface area (Å²) in [5.74, 6) is 0.297. The fourth-order valence-electron chi connectivity index (χ4n) is 1.70. The summed E-state index contributed by atoms with van der Waals surface area (Å²) in [5, 5.41) is 9.51. The lowest BCUT2D eigenvalue weighted by atomic mass is 9.98. The second-order valence-electron chi connectivity index (χ2n) is 3.32. The normalized spacial score (nSPS) is 13.5. The lowest BCUT2D eigenvalue weighted by molar-refractivity contribution is 0.104. The van der Waals surface area contributed by atoms with E-state index in [9.17, 15) is 9.90 Å². The van der Waals surface area contributed by atoms with Crippen molar-refractivity contribution in [3.8, 4) is 5.75 Å². The number of phenolic OH excluding ortho intramolecular Hbond substituents is 1. The summed E-state index contributed by atoms with van der Waals surface area (Å²) < 4.78 is 0. The lowest BCUT2D eigenvalue weighted by Gasteiger charge is -2.07.